The molecule has 2 amide bonds. The number of morpholine rings is 1. The van der Waals surface area contributed by atoms with Crippen LogP contribution < -0.4 is 5.32 Å². The van der Waals surface area contributed by atoms with Crippen LogP contribution in [-0.4, -0.2) is 73.6 Å². The van der Waals surface area contributed by atoms with Gasteiger partial charge in [-0.25, -0.2) is 4.39 Å². The highest BCUT2D eigenvalue weighted by molar-refractivity contribution is 6.30. The molecule has 1 aromatic carbocycles. The maximum absolute atomic E-state index is 13.9. The van der Waals surface area contributed by atoms with Crippen molar-refractivity contribution in [2.75, 3.05) is 45.9 Å². The third kappa shape index (κ3) is 4.48. The van der Waals surface area contributed by atoms with Crippen molar-refractivity contribution in [1.29, 1.82) is 0 Å². The van der Waals surface area contributed by atoms with E-state index in [9.17, 15) is 14.0 Å². The Labute approximate surface area is 150 Å². The lowest BCUT2D eigenvalue weighted by molar-refractivity contribution is -0.133. The quantitative estimate of drug-likeness (QED) is 0.868. The average Bonchev–Trinajstić information content (AvgIpc) is 2.62. The predicted molar refractivity (Wildman–Crippen MR) is 91.1 cm³/mol. The normalized spacial score (nSPS) is 21.3. The van der Waals surface area contributed by atoms with E-state index in [0.717, 1.165) is 12.6 Å². The second-order valence-electron chi connectivity index (χ2n) is 6.23. The van der Waals surface area contributed by atoms with E-state index in [-0.39, 0.29) is 28.4 Å². The number of rotatable bonds is 3. The summed E-state index contributed by atoms with van der Waals surface area (Å²) < 4.78 is 19.3. The number of ether oxygens (including phenoxy) is 1. The molecule has 0 aliphatic carbocycles. The molecule has 0 aromatic heterocycles. The Hall–Kier alpha value is -1.70. The Balaban J connectivity index is 1.52. The first-order valence-corrected chi connectivity index (χ1v) is 8.75. The highest BCUT2D eigenvalue weighted by Crippen LogP contribution is 2.17. The van der Waals surface area contributed by atoms with E-state index in [4.69, 9.17) is 16.3 Å². The van der Waals surface area contributed by atoms with Crippen LogP contribution in [0.1, 0.15) is 16.8 Å². The van der Waals surface area contributed by atoms with Gasteiger partial charge in [0.25, 0.3) is 5.91 Å². The highest BCUT2D eigenvalue weighted by Gasteiger charge is 2.27. The maximum atomic E-state index is 13.9. The minimum Gasteiger partial charge on any atom is -0.378 e. The van der Waals surface area contributed by atoms with Crippen LogP contribution in [0.4, 0.5) is 4.39 Å². The number of amides is 2. The molecule has 0 spiro atoms. The van der Waals surface area contributed by atoms with E-state index in [0.29, 0.717) is 45.8 Å². The molecule has 1 N–H and O–H groups in total. The van der Waals surface area contributed by atoms with Crippen molar-refractivity contribution < 1.29 is 18.7 Å². The summed E-state index contributed by atoms with van der Waals surface area (Å²) in [6, 6.07) is 4.07. The third-order valence-corrected chi connectivity index (χ3v) is 4.74. The molecule has 6 nitrogen and oxygen atoms in total. The van der Waals surface area contributed by atoms with Crippen LogP contribution in [-0.2, 0) is 9.53 Å². The standard InChI is InChI=1S/C17H21ClFN3O3/c18-12-1-2-14(15(19)9-12)17(24)22-6-4-21(5-7-22)16(23)10-13-11-25-8-3-20-13/h1-2,9,13,20H,3-8,10-11H2. The largest absolute Gasteiger partial charge is 0.378 e. The van der Waals surface area contributed by atoms with Gasteiger partial charge in [-0.1, -0.05) is 11.6 Å². The van der Waals surface area contributed by atoms with Crippen LogP contribution in [0.5, 0.6) is 0 Å². The molecule has 136 valence electrons. The number of carbonyl (C=O) groups is 2. The molecule has 25 heavy (non-hydrogen) atoms. The van der Waals surface area contributed by atoms with E-state index in [1.807, 2.05) is 0 Å². The summed E-state index contributed by atoms with van der Waals surface area (Å²) in [5.74, 6) is -0.948. The van der Waals surface area contributed by atoms with Gasteiger partial charge >= 0.3 is 0 Å². The Morgan fingerprint density at radius 1 is 1.24 bits per heavy atom. The van der Waals surface area contributed by atoms with Gasteiger partial charge in [-0.3, -0.25) is 9.59 Å². The second-order valence-corrected chi connectivity index (χ2v) is 6.66. The molecule has 3 rings (SSSR count). The summed E-state index contributed by atoms with van der Waals surface area (Å²) in [6.07, 6.45) is 0.389. The number of benzene rings is 1. The SMILES string of the molecule is O=C(CC1COCCN1)N1CCN(C(=O)c2ccc(Cl)cc2F)CC1. The van der Waals surface area contributed by atoms with E-state index in [1.54, 1.807) is 9.80 Å². The number of carbonyl (C=O) groups excluding carboxylic acids is 2. The lowest BCUT2D eigenvalue weighted by Crippen LogP contribution is -2.52. The van der Waals surface area contributed by atoms with E-state index in [2.05, 4.69) is 5.32 Å². The van der Waals surface area contributed by atoms with E-state index < -0.39 is 5.82 Å². The molecule has 0 radical (unpaired) electrons. The monoisotopic (exact) mass is 369 g/mol. The lowest BCUT2D eigenvalue weighted by Gasteiger charge is -2.36. The van der Waals surface area contributed by atoms with Crippen LogP contribution in [0, 0.1) is 5.82 Å². The topological polar surface area (TPSA) is 61.9 Å². The molecular weight excluding hydrogens is 349 g/mol. The first-order chi connectivity index (χ1) is 12.0. The van der Waals surface area contributed by atoms with Gasteiger partial charge in [0.2, 0.25) is 5.91 Å². The van der Waals surface area contributed by atoms with Gasteiger partial charge in [0.05, 0.1) is 18.8 Å². The summed E-state index contributed by atoms with van der Waals surface area (Å²) in [7, 11) is 0. The molecule has 0 bridgehead atoms. The number of halogens is 2. The second kappa shape index (κ2) is 8.12. The van der Waals surface area contributed by atoms with Crippen LogP contribution in [0.25, 0.3) is 0 Å². The molecule has 1 atom stereocenters. The molecule has 2 aliphatic heterocycles. The fraction of sp³-hybridized carbons (Fsp3) is 0.529. The van der Waals surface area contributed by atoms with Crippen molar-refractivity contribution in [1.82, 2.24) is 15.1 Å². The van der Waals surface area contributed by atoms with Gasteiger partial charge in [-0.15, -0.1) is 0 Å². The molecule has 8 heteroatoms. The van der Waals surface area contributed by atoms with Crippen molar-refractivity contribution in [3.8, 4) is 0 Å². The minimum absolute atomic E-state index is 0.00716. The van der Waals surface area contributed by atoms with Crippen LogP contribution in [0.2, 0.25) is 5.02 Å². The van der Waals surface area contributed by atoms with Gasteiger partial charge in [0, 0.05) is 50.2 Å². The van der Waals surface area contributed by atoms with E-state index in [1.165, 1.54) is 12.1 Å². The minimum atomic E-state index is -0.626. The van der Waals surface area contributed by atoms with Gasteiger partial charge in [-0.2, -0.15) is 0 Å². The third-order valence-electron chi connectivity index (χ3n) is 4.50. The van der Waals surface area contributed by atoms with Gasteiger partial charge in [0.1, 0.15) is 5.82 Å². The highest BCUT2D eigenvalue weighted by atomic mass is 35.5. The summed E-state index contributed by atoms with van der Waals surface area (Å²) >= 11 is 5.72. The van der Waals surface area contributed by atoms with Gasteiger partial charge < -0.3 is 19.9 Å². The van der Waals surface area contributed by atoms with Crippen molar-refractivity contribution >= 4 is 23.4 Å². The Kier molecular flexibility index (Phi) is 5.88. The molecule has 2 heterocycles. The summed E-state index contributed by atoms with van der Waals surface area (Å²) in [5.41, 5.74) is 0.00716. The average molecular weight is 370 g/mol. The molecule has 2 fully saturated rings. The number of hydrogen-bond acceptors (Lipinski definition) is 4. The fourth-order valence-corrected chi connectivity index (χ4v) is 3.24. The molecule has 0 saturated carbocycles. The molecule has 2 aliphatic rings. The van der Waals surface area contributed by atoms with Gasteiger partial charge in [0.15, 0.2) is 0 Å². The zero-order valence-corrected chi connectivity index (χ0v) is 14.6. The van der Waals surface area contributed by atoms with Crippen molar-refractivity contribution in [3.05, 3.63) is 34.6 Å². The number of piperazine rings is 1. The van der Waals surface area contributed by atoms with Crippen molar-refractivity contribution in [2.45, 2.75) is 12.5 Å². The number of hydrogen-bond donors (Lipinski definition) is 1. The zero-order valence-electron chi connectivity index (χ0n) is 13.8. The van der Waals surface area contributed by atoms with Crippen molar-refractivity contribution in [3.63, 3.8) is 0 Å². The Morgan fingerprint density at radius 3 is 2.60 bits per heavy atom. The van der Waals surface area contributed by atoms with E-state index >= 15 is 0 Å². The molecule has 2 saturated heterocycles. The lowest BCUT2D eigenvalue weighted by atomic mass is 10.1. The summed E-state index contributed by atoms with van der Waals surface area (Å²) in [5, 5.41) is 3.51. The first-order valence-electron chi connectivity index (χ1n) is 8.38. The maximum Gasteiger partial charge on any atom is 0.256 e. The Morgan fingerprint density at radius 2 is 1.96 bits per heavy atom. The Bertz CT molecular complexity index is 644. The molecule has 1 unspecified atom stereocenters. The summed E-state index contributed by atoms with van der Waals surface area (Å²) in [4.78, 5) is 28.1. The van der Waals surface area contributed by atoms with Crippen LogP contribution >= 0.6 is 11.6 Å². The van der Waals surface area contributed by atoms with Crippen LogP contribution in [0.3, 0.4) is 0 Å². The fourth-order valence-electron chi connectivity index (χ4n) is 3.08. The number of nitrogens with one attached hydrogen (secondary N) is 1. The first kappa shape index (κ1) is 18.1. The smallest absolute Gasteiger partial charge is 0.256 e. The molecular formula is C17H21ClFN3O3. The predicted octanol–water partition coefficient (Wildman–Crippen LogP) is 1.14. The van der Waals surface area contributed by atoms with Crippen molar-refractivity contribution in [2.24, 2.45) is 0 Å². The molecule has 1 aromatic rings. The summed E-state index contributed by atoms with van der Waals surface area (Å²) in [6.45, 7) is 3.66. The van der Waals surface area contributed by atoms with Crippen LogP contribution in [0.15, 0.2) is 18.2 Å². The number of nitrogens with zero attached hydrogens (tertiary/aromatic N) is 2. The van der Waals surface area contributed by atoms with Gasteiger partial charge in [-0.05, 0) is 18.2 Å². The zero-order chi connectivity index (χ0) is 17.8.